The fourth-order valence-electron chi connectivity index (χ4n) is 4.38. The van der Waals surface area contributed by atoms with Crippen LogP contribution in [-0.2, 0) is 0 Å². The van der Waals surface area contributed by atoms with E-state index in [2.05, 4.69) is 74.7 Å². The van der Waals surface area contributed by atoms with Crippen molar-refractivity contribution in [1.82, 2.24) is 0 Å². The van der Waals surface area contributed by atoms with E-state index in [9.17, 15) is 0 Å². The minimum Gasteiger partial charge on any atom is -0.497 e. The Morgan fingerprint density at radius 2 is 1.81 bits per heavy atom. The predicted octanol–water partition coefficient (Wildman–Crippen LogP) is 5.97. The van der Waals surface area contributed by atoms with Crippen molar-refractivity contribution < 1.29 is 4.74 Å². The Hall–Kier alpha value is -2.48. The molecular weight excluding hydrogens is 318 g/mol. The lowest BCUT2D eigenvalue weighted by atomic mass is 9.74. The second kappa shape index (κ2) is 6.05. The highest BCUT2D eigenvalue weighted by Crippen LogP contribution is 2.54. The second-order valence-corrected chi connectivity index (χ2v) is 8.16. The number of rotatable bonds is 3. The molecule has 1 aromatic carbocycles. The van der Waals surface area contributed by atoms with Crippen LogP contribution in [0.25, 0.3) is 0 Å². The molecule has 2 nitrogen and oxygen atoms in total. The molecule has 3 aliphatic rings. The monoisotopic (exact) mass is 345 g/mol. The van der Waals surface area contributed by atoms with Gasteiger partial charge in [-0.2, -0.15) is 0 Å². The average molecular weight is 345 g/mol. The summed E-state index contributed by atoms with van der Waals surface area (Å²) in [4.78, 5) is 0. The van der Waals surface area contributed by atoms with Crippen molar-refractivity contribution in [2.75, 3.05) is 12.4 Å². The van der Waals surface area contributed by atoms with Crippen molar-refractivity contribution in [3.63, 3.8) is 0 Å². The van der Waals surface area contributed by atoms with E-state index in [1.807, 2.05) is 12.1 Å². The first-order chi connectivity index (χ1) is 12.4. The van der Waals surface area contributed by atoms with Gasteiger partial charge in [0, 0.05) is 11.1 Å². The van der Waals surface area contributed by atoms with Gasteiger partial charge in [-0.3, -0.25) is 0 Å². The van der Waals surface area contributed by atoms with Crippen molar-refractivity contribution in [2.45, 2.75) is 39.2 Å². The molecule has 0 aromatic heterocycles. The third-order valence-electron chi connectivity index (χ3n) is 5.88. The van der Waals surface area contributed by atoms with E-state index < -0.39 is 0 Å². The van der Waals surface area contributed by atoms with Crippen LogP contribution in [0.3, 0.4) is 0 Å². The summed E-state index contributed by atoms with van der Waals surface area (Å²) in [7, 11) is 1.70. The van der Waals surface area contributed by atoms with Gasteiger partial charge in [-0.25, -0.2) is 0 Å². The highest BCUT2D eigenvalue weighted by atomic mass is 16.5. The first kappa shape index (κ1) is 17.0. The Bertz CT molecular complexity index is 877. The third kappa shape index (κ3) is 2.74. The van der Waals surface area contributed by atoms with Gasteiger partial charge in [0.2, 0.25) is 0 Å². The van der Waals surface area contributed by atoms with Crippen molar-refractivity contribution in [2.24, 2.45) is 5.41 Å². The molecule has 3 aliphatic carbocycles. The van der Waals surface area contributed by atoms with Crippen LogP contribution in [0.15, 0.2) is 83.0 Å². The molecule has 0 spiro atoms. The summed E-state index contributed by atoms with van der Waals surface area (Å²) in [5.41, 5.74) is 6.95. The molecule has 1 unspecified atom stereocenters. The first-order valence-electron chi connectivity index (χ1n) is 9.36. The maximum Gasteiger partial charge on any atom is 0.119 e. The molecule has 0 aliphatic heterocycles. The standard InChI is InChI=1S/C24H27NO/c1-23(2)21-9-7-5-6-8-19(21)20-14-15-24(3,16-22(20)23)25-17-10-12-18(26-4)13-11-17/h5-8,10-14,16,25H,9,15H2,1-4H3. The molecule has 0 heterocycles. The van der Waals surface area contributed by atoms with E-state index in [0.717, 1.165) is 24.3 Å². The van der Waals surface area contributed by atoms with Crippen LogP contribution in [0, 0.1) is 5.41 Å². The quantitative estimate of drug-likeness (QED) is 0.728. The van der Waals surface area contributed by atoms with Gasteiger partial charge < -0.3 is 10.1 Å². The van der Waals surface area contributed by atoms with Crippen molar-refractivity contribution in [3.05, 3.63) is 83.0 Å². The number of fused-ring (bicyclic) bond motifs is 2. The maximum atomic E-state index is 5.27. The van der Waals surface area contributed by atoms with Crippen molar-refractivity contribution >= 4 is 5.69 Å². The largest absolute Gasteiger partial charge is 0.497 e. The van der Waals surface area contributed by atoms with Crippen LogP contribution < -0.4 is 10.1 Å². The lowest BCUT2D eigenvalue weighted by Gasteiger charge is -2.35. The van der Waals surface area contributed by atoms with E-state index >= 15 is 0 Å². The van der Waals surface area contributed by atoms with Gasteiger partial charge in [0.05, 0.1) is 12.6 Å². The van der Waals surface area contributed by atoms with Gasteiger partial charge in [-0.15, -0.1) is 0 Å². The second-order valence-electron chi connectivity index (χ2n) is 8.16. The van der Waals surface area contributed by atoms with Crippen LogP contribution in [0.1, 0.15) is 33.6 Å². The molecule has 134 valence electrons. The average Bonchev–Trinajstić information content (AvgIpc) is 2.80. The van der Waals surface area contributed by atoms with Crippen LogP contribution in [0.4, 0.5) is 5.69 Å². The van der Waals surface area contributed by atoms with E-state index in [1.54, 1.807) is 7.11 Å². The highest BCUT2D eigenvalue weighted by molar-refractivity contribution is 5.69. The number of allylic oxidation sites excluding steroid dienone is 8. The predicted molar refractivity (Wildman–Crippen MR) is 110 cm³/mol. The van der Waals surface area contributed by atoms with Gasteiger partial charge in [-0.05, 0) is 66.3 Å². The van der Waals surface area contributed by atoms with E-state index in [-0.39, 0.29) is 11.0 Å². The normalized spacial score (nSPS) is 25.8. The van der Waals surface area contributed by atoms with Gasteiger partial charge >= 0.3 is 0 Å². The summed E-state index contributed by atoms with van der Waals surface area (Å²) < 4.78 is 5.27. The van der Waals surface area contributed by atoms with Crippen molar-refractivity contribution in [3.8, 4) is 5.75 Å². The number of ether oxygens (including phenoxy) is 1. The van der Waals surface area contributed by atoms with E-state index in [0.29, 0.717) is 0 Å². The molecular formula is C24H27NO. The Kier molecular flexibility index (Phi) is 3.95. The topological polar surface area (TPSA) is 21.3 Å². The lowest BCUT2D eigenvalue weighted by molar-refractivity contribution is 0.415. The van der Waals surface area contributed by atoms with Gasteiger partial charge in [0.25, 0.3) is 0 Å². The molecule has 26 heavy (non-hydrogen) atoms. The summed E-state index contributed by atoms with van der Waals surface area (Å²) >= 11 is 0. The maximum absolute atomic E-state index is 5.27. The summed E-state index contributed by atoms with van der Waals surface area (Å²) in [6, 6.07) is 8.18. The molecule has 0 bridgehead atoms. The minimum atomic E-state index is -0.0884. The van der Waals surface area contributed by atoms with Crippen LogP contribution in [0.5, 0.6) is 5.75 Å². The summed E-state index contributed by atoms with van der Waals surface area (Å²) in [5.74, 6) is 0.884. The Morgan fingerprint density at radius 3 is 2.54 bits per heavy atom. The smallest absolute Gasteiger partial charge is 0.119 e. The lowest BCUT2D eigenvalue weighted by Crippen LogP contribution is -2.35. The molecule has 0 amide bonds. The molecule has 0 fully saturated rings. The van der Waals surface area contributed by atoms with E-state index in [4.69, 9.17) is 4.74 Å². The Morgan fingerprint density at radius 1 is 1.04 bits per heavy atom. The molecule has 0 saturated carbocycles. The first-order valence-corrected chi connectivity index (χ1v) is 9.36. The number of hydrogen-bond acceptors (Lipinski definition) is 2. The van der Waals surface area contributed by atoms with Gasteiger partial charge in [0.15, 0.2) is 0 Å². The van der Waals surface area contributed by atoms with Gasteiger partial charge in [-0.1, -0.05) is 50.3 Å². The number of nitrogens with one attached hydrogen (secondary N) is 1. The molecule has 2 heteroatoms. The fourth-order valence-corrected chi connectivity index (χ4v) is 4.38. The third-order valence-corrected chi connectivity index (χ3v) is 5.88. The summed E-state index contributed by atoms with van der Waals surface area (Å²) in [6.45, 7) is 7.01. The Balaban J connectivity index is 1.66. The van der Waals surface area contributed by atoms with Crippen LogP contribution in [0.2, 0.25) is 0 Å². The molecule has 1 N–H and O–H groups in total. The van der Waals surface area contributed by atoms with Crippen molar-refractivity contribution in [1.29, 1.82) is 0 Å². The van der Waals surface area contributed by atoms with Gasteiger partial charge in [0.1, 0.15) is 5.75 Å². The SMILES string of the molecule is COc1ccc(NC2(C)C=C3C(=CC2)C2=C(CC=CC=C2)C3(C)C)cc1. The fraction of sp³-hybridized carbons (Fsp3) is 0.333. The van der Waals surface area contributed by atoms with E-state index in [1.165, 1.54) is 22.3 Å². The van der Waals surface area contributed by atoms with Crippen LogP contribution in [-0.4, -0.2) is 12.6 Å². The minimum absolute atomic E-state index is 0.0729. The number of methoxy groups -OCH3 is 1. The zero-order valence-corrected chi connectivity index (χ0v) is 16.1. The zero-order valence-electron chi connectivity index (χ0n) is 16.1. The molecule has 1 atom stereocenters. The molecule has 4 rings (SSSR count). The number of benzene rings is 1. The molecule has 0 saturated heterocycles. The highest BCUT2D eigenvalue weighted by Gasteiger charge is 2.42. The Labute approximate surface area is 156 Å². The molecule has 1 aromatic rings. The number of hydrogen-bond donors (Lipinski definition) is 1. The van der Waals surface area contributed by atoms with Crippen LogP contribution >= 0.6 is 0 Å². The molecule has 0 radical (unpaired) electrons. The summed E-state index contributed by atoms with van der Waals surface area (Å²) in [5, 5.41) is 3.73. The zero-order chi connectivity index (χ0) is 18.4. The number of anilines is 1. The summed E-state index contributed by atoms with van der Waals surface area (Å²) in [6.07, 6.45) is 15.8.